The molecule has 0 saturated heterocycles. The molecule has 0 bridgehead atoms. The number of imidazole rings is 1. The van der Waals surface area contributed by atoms with Crippen molar-refractivity contribution >= 4 is 17.3 Å². The Labute approximate surface area is 116 Å². The van der Waals surface area contributed by atoms with E-state index >= 15 is 0 Å². The van der Waals surface area contributed by atoms with E-state index in [9.17, 15) is 4.79 Å². The van der Waals surface area contributed by atoms with Gasteiger partial charge >= 0.3 is 5.97 Å². The predicted molar refractivity (Wildman–Crippen MR) is 73.6 cm³/mol. The lowest BCUT2D eigenvalue weighted by Crippen LogP contribution is -2.12. The van der Waals surface area contributed by atoms with Gasteiger partial charge in [0.2, 0.25) is 0 Å². The van der Waals surface area contributed by atoms with Crippen molar-refractivity contribution in [1.82, 2.24) is 14.5 Å². The number of rotatable bonds is 4. The molecule has 6 heteroatoms. The molecule has 0 aliphatic heterocycles. The lowest BCUT2D eigenvalue weighted by molar-refractivity contribution is 0.0588. The SMILES string of the molecule is COC(=O)c1cnc(C)n1Cc1csc(C(C)C)n1. The van der Waals surface area contributed by atoms with Crippen LogP contribution in [0.4, 0.5) is 0 Å². The first kappa shape index (κ1) is 13.7. The molecule has 0 aliphatic carbocycles. The lowest BCUT2D eigenvalue weighted by atomic mass is 10.2. The fourth-order valence-electron chi connectivity index (χ4n) is 1.76. The number of carbonyl (C=O) groups excluding carboxylic acids is 1. The third kappa shape index (κ3) is 2.84. The van der Waals surface area contributed by atoms with Gasteiger partial charge in [-0.2, -0.15) is 0 Å². The van der Waals surface area contributed by atoms with E-state index in [4.69, 9.17) is 4.74 Å². The van der Waals surface area contributed by atoms with Crippen molar-refractivity contribution in [2.45, 2.75) is 33.2 Å². The molecule has 0 radical (unpaired) electrons. The molecule has 0 N–H and O–H groups in total. The molecule has 0 amide bonds. The summed E-state index contributed by atoms with van der Waals surface area (Å²) in [5.41, 5.74) is 1.40. The molecule has 0 spiro atoms. The Hall–Kier alpha value is -1.69. The Morgan fingerprint density at radius 2 is 2.26 bits per heavy atom. The van der Waals surface area contributed by atoms with Gasteiger partial charge in [-0.25, -0.2) is 14.8 Å². The summed E-state index contributed by atoms with van der Waals surface area (Å²) in [6.45, 7) is 6.64. The molecule has 2 aromatic rings. The van der Waals surface area contributed by atoms with Crippen LogP contribution in [0.15, 0.2) is 11.6 Å². The third-order valence-electron chi connectivity index (χ3n) is 2.83. The summed E-state index contributed by atoms with van der Waals surface area (Å²) in [5.74, 6) is 0.821. The first-order chi connectivity index (χ1) is 9.02. The van der Waals surface area contributed by atoms with Gasteiger partial charge in [0.1, 0.15) is 11.5 Å². The maximum absolute atomic E-state index is 11.7. The minimum Gasteiger partial charge on any atom is -0.464 e. The van der Waals surface area contributed by atoms with Crippen LogP contribution >= 0.6 is 11.3 Å². The Balaban J connectivity index is 2.27. The van der Waals surface area contributed by atoms with E-state index in [1.54, 1.807) is 11.3 Å². The number of nitrogens with zero attached hydrogens (tertiary/aromatic N) is 3. The average molecular weight is 279 g/mol. The van der Waals surface area contributed by atoms with Crippen molar-refractivity contribution in [1.29, 1.82) is 0 Å². The zero-order valence-corrected chi connectivity index (χ0v) is 12.3. The van der Waals surface area contributed by atoms with E-state index < -0.39 is 0 Å². The second kappa shape index (κ2) is 5.52. The highest BCUT2D eigenvalue weighted by atomic mass is 32.1. The molecule has 2 aromatic heterocycles. The van der Waals surface area contributed by atoms with Crippen molar-refractivity contribution in [3.63, 3.8) is 0 Å². The van der Waals surface area contributed by atoms with Gasteiger partial charge in [0.15, 0.2) is 0 Å². The number of methoxy groups -OCH3 is 1. The van der Waals surface area contributed by atoms with E-state index in [2.05, 4.69) is 23.8 Å². The summed E-state index contributed by atoms with van der Waals surface area (Å²) < 4.78 is 6.58. The molecular formula is C13H17N3O2S. The van der Waals surface area contributed by atoms with Crippen molar-refractivity contribution < 1.29 is 9.53 Å². The maximum atomic E-state index is 11.7. The van der Waals surface area contributed by atoms with Gasteiger partial charge in [-0.1, -0.05) is 13.8 Å². The largest absolute Gasteiger partial charge is 0.464 e. The van der Waals surface area contributed by atoms with Crippen LogP contribution in [0.25, 0.3) is 0 Å². The number of esters is 1. The number of hydrogen-bond acceptors (Lipinski definition) is 5. The molecule has 5 nitrogen and oxygen atoms in total. The summed E-state index contributed by atoms with van der Waals surface area (Å²) in [6.07, 6.45) is 1.54. The van der Waals surface area contributed by atoms with Crippen LogP contribution in [0.2, 0.25) is 0 Å². The molecule has 0 unspecified atom stereocenters. The fourth-order valence-corrected chi connectivity index (χ4v) is 2.58. The van der Waals surface area contributed by atoms with Gasteiger partial charge in [-0.15, -0.1) is 11.3 Å². The normalized spacial score (nSPS) is 11.0. The first-order valence-electron chi connectivity index (χ1n) is 6.07. The fraction of sp³-hybridized carbons (Fsp3) is 0.462. The molecule has 0 aromatic carbocycles. The van der Waals surface area contributed by atoms with Gasteiger partial charge in [0, 0.05) is 11.3 Å². The third-order valence-corrected chi connectivity index (χ3v) is 4.03. The highest BCUT2D eigenvalue weighted by Crippen LogP contribution is 2.20. The number of ether oxygens (including phenoxy) is 1. The van der Waals surface area contributed by atoms with Crippen LogP contribution < -0.4 is 0 Å². The summed E-state index contributed by atoms with van der Waals surface area (Å²) in [6, 6.07) is 0. The Bertz CT molecular complexity index is 586. The monoisotopic (exact) mass is 279 g/mol. The number of hydrogen-bond donors (Lipinski definition) is 0. The van der Waals surface area contributed by atoms with Gasteiger partial charge in [-0.05, 0) is 6.92 Å². The number of carbonyl (C=O) groups is 1. The topological polar surface area (TPSA) is 57.0 Å². The Morgan fingerprint density at radius 3 is 2.84 bits per heavy atom. The van der Waals surface area contributed by atoms with E-state index in [1.807, 2.05) is 16.9 Å². The van der Waals surface area contributed by atoms with E-state index in [0.29, 0.717) is 18.2 Å². The van der Waals surface area contributed by atoms with Crippen molar-refractivity contribution in [3.8, 4) is 0 Å². The molecule has 0 saturated carbocycles. The molecule has 19 heavy (non-hydrogen) atoms. The minimum absolute atomic E-state index is 0.375. The van der Waals surface area contributed by atoms with Crippen LogP contribution in [0.3, 0.4) is 0 Å². The number of aryl methyl sites for hydroxylation is 1. The standard InChI is InChI=1S/C13H17N3O2S/c1-8(2)12-15-10(7-19-12)6-16-9(3)14-5-11(16)13(17)18-4/h5,7-8H,6H2,1-4H3. The van der Waals surface area contributed by atoms with Gasteiger partial charge < -0.3 is 9.30 Å². The average Bonchev–Trinajstić information content (AvgIpc) is 2.98. The van der Waals surface area contributed by atoms with Crippen LogP contribution in [0.5, 0.6) is 0 Å². The first-order valence-corrected chi connectivity index (χ1v) is 6.95. The summed E-state index contributed by atoms with van der Waals surface area (Å²) >= 11 is 1.64. The highest BCUT2D eigenvalue weighted by Gasteiger charge is 2.16. The van der Waals surface area contributed by atoms with E-state index in [-0.39, 0.29) is 5.97 Å². The zero-order valence-electron chi connectivity index (χ0n) is 11.5. The second-order valence-corrected chi connectivity index (χ2v) is 5.49. The molecule has 2 rings (SSSR count). The highest BCUT2D eigenvalue weighted by molar-refractivity contribution is 7.09. The molecule has 0 aliphatic rings. The van der Waals surface area contributed by atoms with Crippen LogP contribution in [0.1, 0.15) is 46.8 Å². The van der Waals surface area contributed by atoms with E-state index in [1.165, 1.54) is 13.3 Å². The summed E-state index contributed by atoms with van der Waals surface area (Å²) in [4.78, 5) is 20.4. The minimum atomic E-state index is -0.375. The Morgan fingerprint density at radius 1 is 1.53 bits per heavy atom. The second-order valence-electron chi connectivity index (χ2n) is 4.60. The van der Waals surface area contributed by atoms with Gasteiger partial charge in [-0.3, -0.25) is 0 Å². The van der Waals surface area contributed by atoms with Gasteiger partial charge in [0.25, 0.3) is 0 Å². The van der Waals surface area contributed by atoms with Crippen LogP contribution in [-0.4, -0.2) is 27.6 Å². The molecular weight excluding hydrogens is 262 g/mol. The van der Waals surface area contributed by atoms with Gasteiger partial charge in [0.05, 0.1) is 30.6 Å². The maximum Gasteiger partial charge on any atom is 0.356 e. The summed E-state index contributed by atoms with van der Waals surface area (Å²) in [7, 11) is 1.37. The lowest BCUT2D eigenvalue weighted by Gasteiger charge is -2.07. The predicted octanol–water partition coefficient (Wildman–Crippen LogP) is 2.61. The number of aromatic nitrogens is 3. The van der Waals surface area contributed by atoms with E-state index in [0.717, 1.165) is 16.5 Å². The van der Waals surface area contributed by atoms with Crippen molar-refractivity contribution in [2.75, 3.05) is 7.11 Å². The van der Waals surface area contributed by atoms with Crippen LogP contribution in [-0.2, 0) is 11.3 Å². The summed E-state index contributed by atoms with van der Waals surface area (Å²) in [5, 5.41) is 3.13. The quantitative estimate of drug-likeness (QED) is 0.807. The Kier molecular flexibility index (Phi) is 3.99. The smallest absolute Gasteiger partial charge is 0.356 e. The molecule has 0 atom stereocenters. The van der Waals surface area contributed by atoms with Crippen molar-refractivity contribution in [3.05, 3.63) is 33.8 Å². The molecule has 0 fully saturated rings. The van der Waals surface area contributed by atoms with Crippen LogP contribution in [0, 0.1) is 6.92 Å². The number of thiazole rings is 1. The molecule has 102 valence electrons. The zero-order chi connectivity index (χ0) is 14.0. The van der Waals surface area contributed by atoms with Crippen molar-refractivity contribution in [2.24, 2.45) is 0 Å². The molecule has 2 heterocycles.